The summed E-state index contributed by atoms with van der Waals surface area (Å²) in [4.78, 5) is 0. The van der Waals surface area contributed by atoms with Crippen molar-refractivity contribution < 1.29 is 9.50 Å². The molecular formula is C12H16FNO. The Hall–Kier alpha value is -1.09. The van der Waals surface area contributed by atoms with Crippen molar-refractivity contribution in [2.24, 2.45) is 5.41 Å². The fraction of sp³-hybridized carbons (Fsp3) is 0.500. The van der Waals surface area contributed by atoms with Crippen LogP contribution in [0, 0.1) is 11.2 Å². The van der Waals surface area contributed by atoms with Crippen molar-refractivity contribution in [1.82, 2.24) is 5.32 Å². The Morgan fingerprint density at radius 3 is 2.73 bits per heavy atom. The van der Waals surface area contributed by atoms with Gasteiger partial charge in [-0.15, -0.1) is 0 Å². The molecule has 1 aliphatic carbocycles. The summed E-state index contributed by atoms with van der Waals surface area (Å²) in [6.45, 7) is 3.81. The SMILES string of the molecule is CC1(CNCc2cc(O)cc(F)c2)CC1. The maximum absolute atomic E-state index is 12.9. The maximum atomic E-state index is 12.9. The van der Waals surface area contributed by atoms with Gasteiger partial charge < -0.3 is 10.4 Å². The topological polar surface area (TPSA) is 32.3 Å². The van der Waals surface area contributed by atoms with E-state index in [1.54, 1.807) is 6.07 Å². The van der Waals surface area contributed by atoms with Gasteiger partial charge in [0, 0.05) is 19.2 Å². The highest BCUT2D eigenvalue weighted by molar-refractivity contribution is 5.28. The van der Waals surface area contributed by atoms with Crippen LogP contribution < -0.4 is 5.32 Å². The number of hydrogen-bond donors (Lipinski definition) is 2. The molecule has 0 aliphatic heterocycles. The highest BCUT2D eigenvalue weighted by Crippen LogP contribution is 2.44. The van der Waals surface area contributed by atoms with Crippen molar-refractivity contribution in [2.75, 3.05) is 6.54 Å². The predicted molar refractivity (Wildman–Crippen MR) is 57.1 cm³/mol. The average Bonchev–Trinajstić information content (AvgIpc) is 2.82. The van der Waals surface area contributed by atoms with Crippen LogP contribution in [0.5, 0.6) is 5.75 Å². The summed E-state index contributed by atoms with van der Waals surface area (Å²) in [5, 5.41) is 12.5. The molecule has 2 N–H and O–H groups in total. The van der Waals surface area contributed by atoms with E-state index < -0.39 is 0 Å². The molecule has 0 amide bonds. The third kappa shape index (κ3) is 2.93. The second kappa shape index (κ2) is 3.81. The van der Waals surface area contributed by atoms with Gasteiger partial charge in [0.25, 0.3) is 0 Å². The van der Waals surface area contributed by atoms with Crippen molar-refractivity contribution in [3.8, 4) is 5.75 Å². The molecule has 1 saturated carbocycles. The van der Waals surface area contributed by atoms with Crippen molar-refractivity contribution in [3.05, 3.63) is 29.6 Å². The van der Waals surface area contributed by atoms with E-state index in [2.05, 4.69) is 12.2 Å². The summed E-state index contributed by atoms with van der Waals surface area (Å²) < 4.78 is 12.9. The van der Waals surface area contributed by atoms with Crippen molar-refractivity contribution >= 4 is 0 Å². The van der Waals surface area contributed by atoms with Gasteiger partial charge in [-0.3, -0.25) is 0 Å². The van der Waals surface area contributed by atoms with Gasteiger partial charge in [-0.25, -0.2) is 4.39 Å². The van der Waals surface area contributed by atoms with Gasteiger partial charge in [-0.2, -0.15) is 0 Å². The number of halogens is 1. The molecule has 0 radical (unpaired) electrons. The molecule has 1 aliphatic rings. The van der Waals surface area contributed by atoms with Gasteiger partial charge in [0.2, 0.25) is 0 Å². The van der Waals surface area contributed by atoms with E-state index in [1.807, 2.05) is 0 Å². The zero-order valence-electron chi connectivity index (χ0n) is 8.89. The lowest BCUT2D eigenvalue weighted by Crippen LogP contribution is -2.21. The van der Waals surface area contributed by atoms with Crippen LogP contribution in [0.1, 0.15) is 25.3 Å². The Balaban J connectivity index is 1.87. The summed E-state index contributed by atoms with van der Waals surface area (Å²) in [6.07, 6.45) is 2.54. The molecule has 82 valence electrons. The lowest BCUT2D eigenvalue weighted by molar-refractivity contribution is 0.465. The average molecular weight is 209 g/mol. The molecule has 0 heterocycles. The van der Waals surface area contributed by atoms with Crippen LogP contribution in [0.2, 0.25) is 0 Å². The first-order chi connectivity index (χ1) is 7.07. The van der Waals surface area contributed by atoms with Crippen LogP contribution in [0.4, 0.5) is 4.39 Å². The lowest BCUT2D eigenvalue weighted by atomic mass is 10.1. The molecule has 15 heavy (non-hydrogen) atoms. The monoisotopic (exact) mass is 209 g/mol. The summed E-state index contributed by atoms with van der Waals surface area (Å²) in [5.74, 6) is -0.395. The highest BCUT2D eigenvalue weighted by atomic mass is 19.1. The quantitative estimate of drug-likeness (QED) is 0.798. The zero-order valence-corrected chi connectivity index (χ0v) is 8.89. The van der Waals surface area contributed by atoms with Crippen LogP contribution in [0.25, 0.3) is 0 Å². The van der Waals surface area contributed by atoms with E-state index in [0.29, 0.717) is 12.0 Å². The molecule has 1 aromatic carbocycles. The third-order valence-electron chi connectivity index (χ3n) is 2.93. The number of nitrogens with one attached hydrogen (secondary N) is 1. The van der Waals surface area contributed by atoms with E-state index in [4.69, 9.17) is 0 Å². The standard InChI is InChI=1S/C12H16FNO/c1-12(2-3-12)8-14-7-9-4-10(13)6-11(15)5-9/h4-6,14-15H,2-3,7-8H2,1H3. The summed E-state index contributed by atoms with van der Waals surface area (Å²) in [5.41, 5.74) is 1.24. The van der Waals surface area contributed by atoms with Crippen LogP contribution >= 0.6 is 0 Å². The Morgan fingerprint density at radius 1 is 1.40 bits per heavy atom. The van der Waals surface area contributed by atoms with Crippen LogP contribution in [-0.4, -0.2) is 11.7 Å². The minimum absolute atomic E-state index is 0.00978. The van der Waals surface area contributed by atoms with Crippen molar-refractivity contribution in [1.29, 1.82) is 0 Å². The Bertz CT molecular complexity index is 340. The first-order valence-electron chi connectivity index (χ1n) is 5.27. The van der Waals surface area contributed by atoms with Gasteiger partial charge in [-0.05, 0) is 36.0 Å². The molecule has 0 spiro atoms. The van der Waals surface area contributed by atoms with E-state index >= 15 is 0 Å². The normalized spacial score (nSPS) is 17.7. The minimum Gasteiger partial charge on any atom is -0.508 e. The molecule has 2 nitrogen and oxygen atoms in total. The number of phenolic OH excluding ortho intramolecular Hbond substituents is 1. The first kappa shape index (κ1) is 10.4. The Kier molecular flexibility index (Phi) is 2.65. The molecule has 0 saturated heterocycles. The molecule has 1 fully saturated rings. The maximum Gasteiger partial charge on any atom is 0.127 e. The summed E-state index contributed by atoms with van der Waals surface area (Å²) >= 11 is 0. The summed E-state index contributed by atoms with van der Waals surface area (Å²) in [7, 11) is 0. The van der Waals surface area contributed by atoms with Gasteiger partial charge in [0.1, 0.15) is 11.6 Å². The second-order valence-electron chi connectivity index (χ2n) is 4.73. The number of aromatic hydroxyl groups is 1. The summed E-state index contributed by atoms with van der Waals surface area (Å²) in [6, 6.07) is 4.15. The van der Waals surface area contributed by atoms with Crippen LogP contribution in [0.15, 0.2) is 18.2 Å². The van der Waals surface area contributed by atoms with E-state index in [1.165, 1.54) is 18.9 Å². The molecule has 3 heteroatoms. The number of phenols is 1. The van der Waals surface area contributed by atoms with Crippen LogP contribution in [-0.2, 0) is 6.54 Å². The Morgan fingerprint density at radius 2 is 2.13 bits per heavy atom. The Labute approximate surface area is 89.1 Å². The van der Waals surface area contributed by atoms with Gasteiger partial charge in [-0.1, -0.05) is 6.92 Å². The van der Waals surface area contributed by atoms with Crippen LogP contribution in [0.3, 0.4) is 0 Å². The molecular weight excluding hydrogens is 193 g/mol. The van der Waals surface area contributed by atoms with Crippen molar-refractivity contribution in [2.45, 2.75) is 26.3 Å². The fourth-order valence-electron chi connectivity index (χ4n) is 1.63. The first-order valence-corrected chi connectivity index (χ1v) is 5.27. The lowest BCUT2D eigenvalue weighted by Gasteiger charge is -2.10. The fourth-order valence-corrected chi connectivity index (χ4v) is 1.63. The van der Waals surface area contributed by atoms with E-state index in [-0.39, 0.29) is 11.6 Å². The number of hydrogen-bond acceptors (Lipinski definition) is 2. The molecule has 0 atom stereocenters. The smallest absolute Gasteiger partial charge is 0.127 e. The minimum atomic E-state index is -0.385. The predicted octanol–water partition coefficient (Wildman–Crippen LogP) is 2.42. The van der Waals surface area contributed by atoms with Gasteiger partial charge >= 0.3 is 0 Å². The number of rotatable bonds is 4. The van der Waals surface area contributed by atoms with E-state index in [0.717, 1.165) is 18.2 Å². The third-order valence-corrected chi connectivity index (χ3v) is 2.93. The van der Waals surface area contributed by atoms with Gasteiger partial charge in [0.15, 0.2) is 0 Å². The van der Waals surface area contributed by atoms with Crippen molar-refractivity contribution in [3.63, 3.8) is 0 Å². The van der Waals surface area contributed by atoms with E-state index in [9.17, 15) is 9.50 Å². The van der Waals surface area contributed by atoms with Gasteiger partial charge in [0.05, 0.1) is 0 Å². The highest BCUT2D eigenvalue weighted by Gasteiger charge is 2.36. The molecule has 0 bridgehead atoms. The largest absolute Gasteiger partial charge is 0.508 e. The molecule has 0 unspecified atom stereocenters. The molecule has 1 aromatic rings. The molecule has 0 aromatic heterocycles. The molecule has 2 rings (SSSR count). The number of benzene rings is 1. The second-order valence-corrected chi connectivity index (χ2v) is 4.73. The zero-order chi connectivity index (χ0) is 10.9.